The molecule has 0 aliphatic carbocycles. The van der Waals surface area contributed by atoms with E-state index in [1.54, 1.807) is 30.9 Å². The van der Waals surface area contributed by atoms with Crippen molar-refractivity contribution in [1.82, 2.24) is 25.0 Å². The van der Waals surface area contributed by atoms with Crippen LogP contribution in [0.15, 0.2) is 29.4 Å². The maximum atomic E-state index is 13.7. The van der Waals surface area contributed by atoms with Gasteiger partial charge in [0.1, 0.15) is 5.82 Å². The van der Waals surface area contributed by atoms with Crippen molar-refractivity contribution < 1.29 is 12.8 Å². The van der Waals surface area contributed by atoms with E-state index in [1.165, 1.54) is 12.1 Å². The standard InChI is InChI=1S/C14H18FN5O2S/c1-9-5-11(6-10(2)14(9)15)23(21,22)18-12-7-16-8-13(12)20-4-3-17-19-20/h3-6,12-13,16,18H,7-8H2,1-2H3/t12-,13+/m1/s1. The molecule has 1 aromatic carbocycles. The van der Waals surface area contributed by atoms with Gasteiger partial charge in [-0.25, -0.2) is 22.2 Å². The summed E-state index contributed by atoms with van der Waals surface area (Å²) in [4.78, 5) is 0.0677. The molecule has 7 nitrogen and oxygen atoms in total. The number of benzene rings is 1. The van der Waals surface area contributed by atoms with Crippen molar-refractivity contribution in [3.8, 4) is 0 Å². The molecule has 0 amide bonds. The zero-order chi connectivity index (χ0) is 16.6. The maximum absolute atomic E-state index is 13.7. The van der Waals surface area contributed by atoms with Crippen LogP contribution in [0, 0.1) is 19.7 Å². The van der Waals surface area contributed by atoms with Gasteiger partial charge >= 0.3 is 0 Å². The Bertz CT molecular complexity index is 784. The minimum absolute atomic E-state index is 0.0677. The minimum Gasteiger partial charge on any atom is -0.313 e. The Hall–Kier alpha value is -1.84. The van der Waals surface area contributed by atoms with Gasteiger partial charge in [-0.2, -0.15) is 0 Å². The molecule has 1 saturated heterocycles. The first-order valence-electron chi connectivity index (χ1n) is 7.24. The Morgan fingerprint density at radius 3 is 2.61 bits per heavy atom. The number of aryl methyl sites for hydroxylation is 2. The van der Waals surface area contributed by atoms with Gasteiger partial charge in [0.25, 0.3) is 0 Å². The molecule has 0 radical (unpaired) electrons. The summed E-state index contributed by atoms with van der Waals surface area (Å²) < 4.78 is 43.2. The van der Waals surface area contributed by atoms with E-state index in [4.69, 9.17) is 0 Å². The molecule has 0 bridgehead atoms. The Balaban J connectivity index is 1.86. The molecule has 0 unspecified atom stereocenters. The van der Waals surface area contributed by atoms with Crippen LogP contribution in [0.2, 0.25) is 0 Å². The quantitative estimate of drug-likeness (QED) is 0.848. The predicted octanol–water partition coefficient (Wildman–Crippen LogP) is 0.525. The number of rotatable bonds is 4. The molecule has 2 heterocycles. The smallest absolute Gasteiger partial charge is 0.240 e. The molecule has 23 heavy (non-hydrogen) atoms. The van der Waals surface area contributed by atoms with Gasteiger partial charge in [0.2, 0.25) is 10.0 Å². The second-order valence-corrected chi connectivity index (χ2v) is 7.42. The number of halogens is 1. The van der Waals surface area contributed by atoms with Gasteiger partial charge in [0.15, 0.2) is 0 Å². The van der Waals surface area contributed by atoms with E-state index in [9.17, 15) is 12.8 Å². The monoisotopic (exact) mass is 339 g/mol. The van der Waals surface area contributed by atoms with Crippen LogP contribution in [0.3, 0.4) is 0 Å². The SMILES string of the molecule is Cc1cc(S(=O)(=O)N[C@@H]2CNC[C@@H]2n2ccnn2)cc(C)c1F. The molecule has 1 aromatic heterocycles. The average molecular weight is 339 g/mol. The molecule has 2 aromatic rings. The second kappa shape index (κ2) is 5.99. The van der Waals surface area contributed by atoms with Crippen LogP contribution >= 0.6 is 0 Å². The molecular formula is C14H18FN5O2S. The summed E-state index contributed by atoms with van der Waals surface area (Å²) in [5, 5.41) is 10.8. The number of nitrogens with one attached hydrogen (secondary N) is 2. The third kappa shape index (κ3) is 3.12. The van der Waals surface area contributed by atoms with E-state index in [2.05, 4.69) is 20.4 Å². The van der Waals surface area contributed by atoms with E-state index >= 15 is 0 Å². The van der Waals surface area contributed by atoms with Crippen molar-refractivity contribution in [2.45, 2.75) is 30.8 Å². The average Bonchev–Trinajstić information content (AvgIpc) is 3.14. The topological polar surface area (TPSA) is 88.9 Å². The Kier molecular flexibility index (Phi) is 4.17. The van der Waals surface area contributed by atoms with Crippen molar-refractivity contribution in [2.75, 3.05) is 13.1 Å². The molecule has 2 atom stereocenters. The first-order valence-corrected chi connectivity index (χ1v) is 8.72. The van der Waals surface area contributed by atoms with E-state index in [-0.39, 0.29) is 22.8 Å². The van der Waals surface area contributed by atoms with E-state index in [0.717, 1.165) is 0 Å². The number of hydrogen-bond donors (Lipinski definition) is 2. The van der Waals surface area contributed by atoms with Crippen molar-refractivity contribution >= 4 is 10.0 Å². The molecule has 1 aliphatic rings. The van der Waals surface area contributed by atoms with Crippen LogP contribution in [0.1, 0.15) is 17.2 Å². The molecule has 9 heteroatoms. The summed E-state index contributed by atoms with van der Waals surface area (Å²) in [6, 6.07) is 2.18. The third-order valence-corrected chi connectivity index (χ3v) is 5.46. The van der Waals surface area contributed by atoms with Crippen LogP contribution in [0.5, 0.6) is 0 Å². The molecule has 1 aliphatic heterocycles. The normalized spacial score (nSPS) is 21.7. The zero-order valence-electron chi connectivity index (χ0n) is 12.8. The van der Waals surface area contributed by atoms with Crippen molar-refractivity contribution in [1.29, 1.82) is 0 Å². The molecule has 2 N–H and O–H groups in total. The summed E-state index contributed by atoms with van der Waals surface area (Å²) in [5.41, 5.74) is 0.616. The Morgan fingerprint density at radius 1 is 1.30 bits per heavy atom. The summed E-state index contributed by atoms with van der Waals surface area (Å²) >= 11 is 0. The summed E-state index contributed by atoms with van der Waals surface area (Å²) in [7, 11) is -3.75. The van der Waals surface area contributed by atoms with Gasteiger partial charge in [-0.15, -0.1) is 5.10 Å². The van der Waals surface area contributed by atoms with E-state index in [0.29, 0.717) is 24.2 Å². The van der Waals surface area contributed by atoms with Crippen LogP contribution in [0.4, 0.5) is 4.39 Å². The van der Waals surface area contributed by atoms with Crippen LogP contribution < -0.4 is 10.0 Å². The van der Waals surface area contributed by atoms with Crippen LogP contribution in [0.25, 0.3) is 0 Å². The maximum Gasteiger partial charge on any atom is 0.240 e. The fourth-order valence-electron chi connectivity index (χ4n) is 2.79. The second-order valence-electron chi connectivity index (χ2n) is 5.71. The highest BCUT2D eigenvalue weighted by molar-refractivity contribution is 7.89. The lowest BCUT2D eigenvalue weighted by Gasteiger charge is -2.20. The largest absolute Gasteiger partial charge is 0.313 e. The van der Waals surface area contributed by atoms with E-state index in [1.807, 2.05) is 0 Å². The number of nitrogens with zero attached hydrogens (tertiary/aromatic N) is 3. The highest BCUT2D eigenvalue weighted by atomic mass is 32.2. The van der Waals surface area contributed by atoms with Crippen LogP contribution in [-0.4, -0.2) is 42.5 Å². The fraction of sp³-hybridized carbons (Fsp3) is 0.429. The summed E-state index contributed by atoms with van der Waals surface area (Å²) in [6.07, 6.45) is 3.25. The highest BCUT2D eigenvalue weighted by Gasteiger charge is 2.33. The first kappa shape index (κ1) is 16.0. The van der Waals surface area contributed by atoms with Crippen LogP contribution in [-0.2, 0) is 10.0 Å². The first-order chi connectivity index (χ1) is 10.9. The fourth-order valence-corrected chi connectivity index (χ4v) is 4.22. The number of hydrogen-bond acceptors (Lipinski definition) is 5. The molecule has 0 spiro atoms. The van der Waals surface area contributed by atoms with Gasteiger partial charge in [0, 0.05) is 19.3 Å². The third-order valence-electron chi connectivity index (χ3n) is 3.99. The van der Waals surface area contributed by atoms with Crippen molar-refractivity contribution in [3.63, 3.8) is 0 Å². The number of aromatic nitrogens is 3. The van der Waals surface area contributed by atoms with Gasteiger partial charge in [-0.3, -0.25) is 0 Å². The van der Waals surface area contributed by atoms with Crippen molar-refractivity contribution in [2.24, 2.45) is 0 Å². The van der Waals surface area contributed by atoms with Gasteiger partial charge in [-0.1, -0.05) is 5.21 Å². The molecule has 0 saturated carbocycles. The lowest BCUT2D eigenvalue weighted by atomic mass is 10.1. The van der Waals surface area contributed by atoms with E-state index < -0.39 is 10.0 Å². The van der Waals surface area contributed by atoms with Crippen molar-refractivity contribution in [3.05, 3.63) is 41.5 Å². The minimum atomic E-state index is -3.75. The van der Waals surface area contributed by atoms with Gasteiger partial charge in [-0.05, 0) is 37.1 Å². The van der Waals surface area contributed by atoms with Gasteiger partial charge < -0.3 is 5.32 Å². The molecule has 1 fully saturated rings. The number of sulfonamides is 1. The highest BCUT2D eigenvalue weighted by Crippen LogP contribution is 2.21. The Labute approximate surface area is 133 Å². The summed E-state index contributed by atoms with van der Waals surface area (Å²) in [5.74, 6) is -0.382. The Morgan fingerprint density at radius 2 is 2.00 bits per heavy atom. The van der Waals surface area contributed by atoms with Gasteiger partial charge in [0.05, 0.1) is 23.2 Å². The molecule has 3 rings (SSSR count). The predicted molar refractivity (Wildman–Crippen MR) is 81.9 cm³/mol. The zero-order valence-corrected chi connectivity index (χ0v) is 13.6. The summed E-state index contributed by atoms with van der Waals surface area (Å²) in [6.45, 7) is 4.19. The molecular weight excluding hydrogens is 321 g/mol. The lowest BCUT2D eigenvalue weighted by Crippen LogP contribution is -2.41. The molecule has 124 valence electrons. The lowest BCUT2D eigenvalue weighted by molar-refractivity contribution is 0.413.